The molecule has 1 fully saturated rings. The van der Waals surface area contributed by atoms with E-state index in [1.807, 2.05) is 14.1 Å². The van der Waals surface area contributed by atoms with Gasteiger partial charge in [0, 0.05) is 25.2 Å². The van der Waals surface area contributed by atoms with Crippen LogP contribution in [0.15, 0.2) is 4.99 Å². The van der Waals surface area contributed by atoms with Gasteiger partial charge in [0.05, 0.1) is 0 Å². The second-order valence-corrected chi connectivity index (χ2v) is 3.25. The van der Waals surface area contributed by atoms with Crippen molar-refractivity contribution in [1.29, 1.82) is 0 Å². The Morgan fingerprint density at radius 3 is 2.73 bits per heavy atom. The number of hydrogen-bond acceptors (Lipinski definition) is 2. The molecule has 0 aromatic heterocycles. The lowest BCUT2D eigenvalue weighted by Gasteiger charge is -2.28. The predicted molar refractivity (Wildman–Crippen MR) is 49.2 cm³/mol. The van der Waals surface area contributed by atoms with Crippen LogP contribution in [0, 0.1) is 5.92 Å². The first kappa shape index (κ1) is 8.72. The highest BCUT2D eigenvalue weighted by atomic mass is 14.9. The third-order valence-electron chi connectivity index (χ3n) is 2.53. The molecule has 64 valence electrons. The topological polar surface area (TPSA) is 24.4 Å². The molecule has 1 aliphatic carbocycles. The van der Waals surface area contributed by atoms with E-state index in [1.165, 1.54) is 25.7 Å². The molecule has 1 rings (SSSR count). The summed E-state index contributed by atoms with van der Waals surface area (Å²) in [5.74, 6) is 0.679. The maximum absolute atomic E-state index is 4.09. The fourth-order valence-corrected chi connectivity index (χ4v) is 1.89. The zero-order valence-electron chi connectivity index (χ0n) is 7.51. The number of hydrogen-bond donors (Lipinski definition) is 1. The van der Waals surface area contributed by atoms with Gasteiger partial charge >= 0.3 is 0 Å². The molecule has 2 heteroatoms. The lowest BCUT2D eigenvalue weighted by molar-refractivity contribution is 0.343. The molecule has 0 unspecified atom stereocenters. The Labute approximate surface area is 69.1 Å². The van der Waals surface area contributed by atoms with Crippen LogP contribution in [0.5, 0.6) is 0 Å². The summed E-state index contributed by atoms with van der Waals surface area (Å²) in [7, 11) is 3.91. The Hall–Kier alpha value is -0.370. The Bertz CT molecular complexity index is 132. The van der Waals surface area contributed by atoms with Crippen LogP contribution in [-0.2, 0) is 0 Å². The minimum absolute atomic E-state index is 0.674. The van der Waals surface area contributed by atoms with Crippen LogP contribution in [0.3, 0.4) is 0 Å². The van der Waals surface area contributed by atoms with E-state index in [9.17, 15) is 0 Å². The first-order chi connectivity index (χ1) is 5.38. The van der Waals surface area contributed by atoms with Crippen LogP contribution in [0.25, 0.3) is 0 Å². The maximum Gasteiger partial charge on any atom is 0.0273 e. The van der Waals surface area contributed by atoms with Gasteiger partial charge in [-0.05, 0) is 19.9 Å². The molecule has 11 heavy (non-hydrogen) atoms. The number of nitrogens with zero attached hydrogens (tertiary/aromatic N) is 1. The van der Waals surface area contributed by atoms with E-state index in [0.29, 0.717) is 12.0 Å². The molecule has 0 saturated heterocycles. The monoisotopic (exact) mass is 154 g/mol. The highest BCUT2D eigenvalue weighted by Gasteiger charge is 2.21. The maximum atomic E-state index is 4.09. The summed E-state index contributed by atoms with van der Waals surface area (Å²) in [6.45, 7) is 0. The Kier molecular flexibility index (Phi) is 3.57. The zero-order valence-corrected chi connectivity index (χ0v) is 7.51. The van der Waals surface area contributed by atoms with E-state index in [-0.39, 0.29) is 0 Å². The van der Waals surface area contributed by atoms with Crippen molar-refractivity contribution in [3.63, 3.8) is 0 Å². The average molecular weight is 154 g/mol. The zero-order chi connectivity index (χ0) is 8.10. The van der Waals surface area contributed by atoms with Crippen molar-refractivity contribution in [2.45, 2.75) is 31.7 Å². The molecule has 0 aromatic carbocycles. The van der Waals surface area contributed by atoms with Gasteiger partial charge in [-0.1, -0.05) is 12.8 Å². The molecular formula is C9H18N2. The third-order valence-corrected chi connectivity index (χ3v) is 2.53. The summed E-state index contributed by atoms with van der Waals surface area (Å²) in [6, 6.07) is 0.674. The van der Waals surface area contributed by atoms with E-state index in [4.69, 9.17) is 0 Å². The summed E-state index contributed by atoms with van der Waals surface area (Å²) >= 11 is 0. The molecular weight excluding hydrogens is 136 g/mol. The predicted octanol–water partition coefficient (Wildman–Crippen LogP) is 1.47. The fourth-order valence-electron chi connectivity index (χ4n) is 1.89. The van der Waals surface area contributed by atoms with Gasteiger partial charge < -0.3 is 10.3 Å². The molecule has 0 bridgehead atoms. The quantitative estimate of drug-likeness (QED) is 0.598. The number of rotatable bonds is 2. The van der Waals surface area contributed by atoms with Gasteiger partial charge in [-0.2, -0.15) is 0 Å². The summed E-state index contributed by atoms with van der Waals surface area (Å²) in [5, 5.41) is 3.35. The molecule has 1 aliphatic rings. The first-order valence-corrected chi connectivity index (χ1v) is 4.48. The Balaban J connectivity index is 2.44. The summed E-state index contributed by atoms with van der Waals surface area (Å²) in [5.41, 5.74) is 0. The van der Waals surface area contributed by atoms with Gasteiger partial charge in [-0.3, -0.25) is 0 Å². The van der Waals surface area contributed by atoms with Gasteiger partial charge in [-0.15, -0.1) is 0 Å². The second-order valence-electron chi connectivity index (χ2n) is 3.25. The molecule has 0 amide bonds. The standard InChI is InChI=1S/C9H18N2/c1-10-7-8-5-3-4-6-9(8)11-2/h7-9,11H,3-6H2,1-2H3/t8-,9+/m1/s1. The Morgan fingerprint density at radius 2 is 2.09 bits per heavy atom. The van der Waals surface area contributed by atoms with Crippen LogP contribution in [0.4, 0.5) is 0 Å². The van der Waals surface area contributed by atoms with Crippen LogP contribution < -0.4 is 5.32 Å². The molecule has 2 nitrogen and oxygen atoms in total. The van der Waals surface area contributed by atoms with Crippen molar-refractivity contribution in [3.05, 3.63) is 0 Å². The van der Waals surface area contributed by atoms with Crippen LogP contribution in [0.1, 0.15) is 25.7 Å². The van der Waals surface area contributed by atoms with Crippen LogP contribution in [0.2, 0.25) is 0 Å². The van der Waals surface area contributed by atoms with E-state index in [0.717, 1.165) is 0 Å². The van der Waals surface area contributed by atoms with E-state index >= 15 is 0 Å². The third kappa shape index (κ3) is 2.29. The molecule has 0 aliphatic heterocycles. The smallest absolute Gasteiger partial charge is 0.0273 e. The minimum atomic E-state index is 0.674. The van der Waals surface area contributed by atoms with Crippen molar-refractivity contribution in [3.8, 4) is 0 Å². The SMILES string of the molecule is CN=C[C@H]1CCCC[C@@H]1NC. The van der Waals surface area contributed by atoms with Crippen molar-refractivity contribution < 1.29 is 0 Å². The molecule has 0 aromatic rings. The highest BCUT2D eigenvalue weighted by Crippen LogP contribution is 2.22. The largest absolute Gasteiger partial charge is 0.316 e. The fraction of sp³-hybridized carbons (Fsp3) is 0.889. The normalized spacial score (nSPS) is 32.9. The molecule has 0 spiro atoms. The first-order valence-electron chi connectivity index (χ1n) is 4.48. The van der Waals surface area contributed by atoms with Gasteiger partial charge in [0.25, 0.3) is 0 Å². The van der Waals surface area contributed by atoms with Crippen LogP contribution >= 0.6 is 0 Å². The average Bonchev–Trinajstić information content (AvgIpc) is 2.06. The van der Waals surface area contributed by atoms with Crippen molar-refractivity contribution in [2.75, 3.05) is 14.1 Å². The lowest BCUT2D eigenvalue weighted by Crippen LogP contribution is -2.36. The lowest BCUT2D eigenvalue weighted by atomic mass is 9.85. The van der Waals surface area contributed by atoms with Gasteiger partial charge in [0.15, 0.2) is 0 Å². The molecule has 0 heterocycles. The minimum Gasteiger partial charge on any atom is -0.316 e. The summed E-state index contributed by atoms with van der Waals surface area (Å²) < 4.78 is 0. The van der Waals surface area contributed by atoms with Gasteiger partial charge in [0.2, 0.25) is 0 Å². The molecule has 0 radical (unpaired) electrons. The van der Waals surface area contributed by atoms with Crippen molar-refractivity contribution in [1.82, 2.24) is 5.32 Å². The van der Waals surface area contributed by atoms with Crippen LogP contribution in [-0.4, -0.2) is 26.4 Å². The second kappa shape index (κ2) is 4.50. The van der Waals surface area contributed by atoms with Crippen molar-refractivity contribution in [2.24, 2.45) is 10.9 Å². The van der Waals surface area contributed by atoms with E-state index in [1.54, 1.807) is 0 Å². The molecule has 2 atom stereocenters. The highest BCUT2D eigenvalue weighted by molar-refractivity contribution is 5.61. The Morgan fingerprint density at radius 1 is 1.36 bits per heavy atom. The van der Waals surface area contributed by atoms with E-state index in [2.05, 4.69) is 16.5 Å². The number of nitrogens with one attached hydrogen (secondary N) is 1. The van der Waals surface area contributed by atoms with E-state index < -0.39 is 0 Å². The van der Waals surface area contributed by atoms with Gasteiger partial charge in [-0.25, -0.2) is 0 Å². The summed E-state index contributed by atoms with van der Waals surface area (Å²) in [4.78, 5) is 4.09. The summed E-state index contributed by atoms with van der Waals surface area (Å²) in [6.07, 6.45) is 7.46. The molecule has 1 N–H and O–H groups in total. The van der Waals surface area contributed by atoms with Gasteiger partial charge in [0.1, 0.15) is 0 Å². The number of aliphatic imine (C=N–C) groups is 1. The molecule has 1 saturated carbocycles. The van der Waals surface area contributed by atoms with Crippen molar-refractivity contribution >= 4 is 6.21 Å².